The molecule has 0 atom stereocenters. The van der Waals surface area contributed by atoms with Crippen molar-refractivity contribution in [3.63, 3.8) is 0 Å². The van der Waals surface area contributed by atoms with Gasteiger partial charge in [0.15, 0.2) is 5.76 Å². The molecule has 1 N–H and O–H groups in total. The predicted octanol–water partition coefficient (Wildman–Crippen LogP) is 5.26. The molecule has 30 heavy (non-hydrogen) atoms. The third kappa shape index (κ3) is 4.25. The number of aromatic nitrogens is 1. The van der Waals surface area contributed by atoms with Gasteiger partial charge in [-0.05, 0) is 48.9 Å². The highest BCUT2D eigenvalue weighted by Crippen LogP contribution is 2.29. The van der Waals surface area contributed by atoms with Crippen molar-refractivity contribution in [1.82, 2.24) is 10.3 Å². The monoisotopic (exact) mass is 398 g/mol. The number of carbonyl (C=O) groups excluding carboxylic acids is 1. The van der Waals surface area contributed by atoms with Gasteiger partial charge in [0.1, 0.15) is 5.75 Å². The first-order chi connectivity index (χ1) is 14.6. The van der Waals surface area contributed by atoms with Crippen molar-refractivity contribution < 1.29 is 13.9 Å². The largest absolute Gasteiger partial charge is 0.497 e. The lowest BCUT2D eigenvalue weighted by Gasteiger charge is -2.08. The first-order valence-corrected chi connectivity index (χ1v) is 9.67. The first-order valence-electron chi connectivity index (χ1n) is 9.67. The van der Waals surface area contributed by atoms with Gasteiger partial charge in [0.05, 0.1) is 18.9 Å². The van der Waals surface area contributed by atoms with Crippen LogP contribution in [0.5, 0.6) is 5.75 Å². The smallest absolute Gasteiger partial charge is 0.252 e. The van der Waals surface area contributed by atoms with Gasteiger partial charge in [0.25, 0.3) is 5.91 Å². The fourth-order valence-corrected chi connectivity index (χ4v) is 3.14. The summed E-state index contributed by atoms with van der Waals surface area (Å²) in [6.45, 7) is 2.49. The van der Waals surface area contributed by atoms with E-state index in [1.807, 2.05) is 73.7 Å². The van der Waals surface area contributed by atoms with Gasteiger partial charge in [0.2, 0.25) is 5.89 Å². The highest BCUT2D eigenvalue weighted by atomic mass is 16.5. The van der Waals surface area contributed by atoms with Gasteiger partial charge in [-0.2, -0.15) is 0 Å². The number of carbonyl (C=O) groups is 1. The van der Waals surface area contributed by atoms with Gasteiger partial charge in [-0.3, -0.25) is 4.79 Å². The number of nitrogens with zero attached hydrogens (tertiary/aromatic N) is 1. The Hall–Kier alpha value is -3.86. The second-order valence-corrected chi connectivity index (χ2v) is 6.97. The number of hydrogen-bond donors (Lipinski definition) is 1. The Kier molecular flexibility index (Phi) is 5.61. The van der Waals surface area contributed by atoms with Crippen LogP contribution in [0.2, 0.25) is 0 Å². The molecule has 0 unspecified atom stereocenters. The standard InChI is InChI=1S/C25H22N2O3/c1-17-7-9-18(10-8-17)15-26-24(28)21-5-3-4-6-22(21)25-27-16-23(30-25)19-11-13-20(29-2)14-12-19/h3-14,16H,15H2,1-2H3,(H,26,28). The van der Waals surface area contributed by atoms with Crippen LogP contribution in [0.4, 0.5) is 0 Å². The lowest BCUT2D eigenvalue weighted by Crippen LogP contribution is -2.23. The quantitative estimate of drug-likeness (QED) is 0.481. The molecule has 1 heterocycles. The van der Waals surface area contributed by atoms with Crippen molar-refractivity contribution in [2.45, 2.75) is 13.5 Å². The number of amides is 1. The van der Waals surface area contributed by atoms with Gasteiger partial charge >= 0.3 is 0 Å². The lowest BCUT2D eigenvalue weighted by atomic mass is 10.1. The molecule has 5 nitrogen and oxygen atoms in total. The summed E-state index contributed by atoms with van der Waals surface area (Å²) < 4.78 is 11.2. The third-order valence-electron chi connectivity index (χ3n) is 4.86. The maximum Gasteiger partial charge on any atom is 0.252 e. The second-order valence-electron chi connectivity index (χ2n) is 6.97. The molecule has 5 heteroatoms. The zero-order valence-electron chi connectivity index (χ0n) is 16.9. The van der Waals surface area contributed by atoms with Crippen molar-refractivity contribution in [2.75, 3.05) is 7.11 Å². The van der Waals surface area contributed by atoms with E-state index >= 15 is 0 Å². The van der Waals surface area contributed by atoms with Crippen LogP contribution in [0.25, 0.3) is 22.8 Å². The normalized spacial score (nSPS) is 10.6. The Morgan fingerprint density at radius 2 is 1.73 bits per heavy atom. The molecular weight excluding hydrogens is 376 g/mol. The van der Waals surface area contributed by atoms with Gasteiger partial charge in [-0.15, -0.1) is 0 Å². The summed E-state index contributed by atoms with van der Waals surface area (Å²) in [5.41, 5.74) is 4.29. The van der Waals surface area contributed by atoms with Gasteiger partial charge in [-0.25, -0.2) is 4.98 Å². The summed E-state index contributed by atoms with van der Waals surface area (Å²) in [6.07, 6.45) is 1.66. The Labute approximate surface area is 175 Å². The summed E-state index contributed by atoms with van der Waals surface area (Å²) >= 11 is 0. The van der Waals surface area contributed by atoms with Crippen LogP contribution >= 0.6 is 0 Å². The van der Waals surface area contributed by atoms with Crippen molar-refractivity contribution in [3.05, 3.63) is 95.7 Å². The SMILES string of the molecule is COc1ccc(-c2cnc(-c3ccccc3C(=O)NCc3ccc(C)cc3)o2)cc1. The van der Waals surface area contributed by atoms with E-state index in [9.17, 15) is 4.79 Å². The summed E-state index contributed by atoms with van der Waals surface area (Å²) in [6, 6.07) is 22.9. The Morgan fingerprint density at radius 1 is 1.00 bits per heavy atom. The molecule has 0 aliphatic rings. The molecular formula is C25H22N2O3. The van der Waals surface area contributed by atoms with Crippen molar-refractivity contribution in [1.29, 1.82) is 0 Å². The minimum absolute atomic E-state index is 0.171. The summed E-state index contributed by atoms with van der Waals surface area (Å²) in [7, 11) is 1.63. The van der Waals surface area contributed by atoms with E-state index in [4.69, 9.17) is 9.15 Å². The number of rotatable bonds is 6. The minimum atomic E-state index is -0.171. The first kappa shape index (κ1) is 19.5. The highest BCUT2D eigenvalue weighted by Gasteiger charge is 2.17. The fraction of sp³-hybridized carbons (Fsp3) is 0.120. The van der Waals surface area contributed by atoms with E-state index in [1.165, 1.54) is 5.56 Å². The molecule has 150 valence electrons. The lowest BCUT2D eigenvalue weighted by molar-refractivity contribution is 0.0951. The zero-order valence-corrected chi connectivity index (χ0v) is 16.9. The van der Waals surface area contributed by atoms with Crippen molar-refractivity contribution in [3.8, 4) is 28.5 Å². The maximum atomic E-state index is 12.8. The van der Waals surface area contributed by atoms with Crippen LogP contribution in [-0.2, 0) is 6.54 Å². The van der Waals surface area contributed by atoms with Crippen LogP contribution in [0.1, 0.15) is 21.5 Å². The molecule has 4 rings (SSSR count). The van der Waals surface area contributed by atoms with Crippen LogP contribution in [0.15, 0.2) is 83.4 Å². The molecule has 1 amide bonds. The number of benzene rings is 3. The van der Waals surface area contributed by atoms with Gasteiger partial charge < -0.3 is 14.5 Å². The minimum Gasteiger partial charge on any atom is -0.497 e. The maximum absolute atomic E-state index is 12.8. The van der Waals surface area contributed by atoms with Gasteiger partial charge in [-0.1, -0.05) is 42.0 Å². The average molecular weight is 398 g/mol. The number of aryl methyl sites for hydroxylation is 1. The highest BCUT2D eigenvalue weighted by molar-refractivity contribution is 6.00. The molecule has 0 aliphatic carbocycles. The van der Waals surface area contributed by atoms with E-state index in [0.717, 1.165) is 16.9 Å². The van der Waals surface area contributed by atoms with E-state index in [2.05, 4.69) is 10.3 Å². The summed E-state index contributed by atoms with van der Waals surface area (Å²) in [5.74, 6) is 1.63. The van der Waals surface area contributed by atoms with E-state index in [0.29, 0.717) is 29.3 Å². The topological polar surface area (TPSA) is 64.4 Å². The average Bonchev–Trinajstić information content (AvgIpc) is 3.29. The predicted molar refractivity (Wildman–Crippen MR) is 116 cm³/mol. The fourth-order valence-electron chi connectivity index (χ4n) is 3.14. The number of oxazole rings is 1. The number of hydrogen-bond acceptors (Lipinski definition) is 4. The van der Waals surface area contributed by atoms with Crippen LogP contribution < -0.4 is 10.1 Å². The number of methoxy groups -OCH3 is 1. The van der Waals surface area contributed by atoms with Crippen LogP contribution in [0, 0.1) is 6.92 Å². The van der Waals surface area contributed by atoms with Crippen LogP contribution in [0.3, 0.4) is 0 Å². The van der Waals surface area contributed by atoms with Crippen molar-refractivity contribution >= 4 is 5.91 Å². The third-order valence-corrected chi connectivity index (χ3v) is 4.86. The Bertz CT molecular complexity index is 1150. The Balaban J connectivity index is 1.54. The second kappa shape index (κ2) is 8.66. The number of nitrogens with one attached hydrogen (secondary N) is 1. The molecule has 0 radical (unpaired) electrons. The molecule has 4 aromatic rings. The Morgan fingerprint density at radius 3 is 2.47 bits per heavy atom. The molecule has 0 fully saturated rings. The number of ether oxygens (including phenoxy) is 1. The molecule has 0 aliphatic heterocycles. The molecule has 0 spiro atoms. The molecule has 0 saturated heterocycles. The molecule has 0 saturated carbocycles. The molecule has 3 aromatic carbocycles. The summed E-state index contributed by atoms with van der Waals surface area (Å²) in [5, 5.41) is 2.97. The summed E-state index contributed by atoms with van der Waals surface area (Å²) in [4.78, 5) is 17.2. The van der Waals surface area contributed by atoms with Crippen LogP contribution in [-0.4, -0.2) is 18.0 Å². The van der Waals surface area contributed by atoms with E-state index in [-0.39, 0.29) is 5.91 Å². The van der Waals surface area contributed by atoms with E-state index < -0.39 is 0 Å². The van der Waals surface area contributed by atoms with Gasteiger partial charge in [0, 0.05) is 17.7 Å². The van der Waals surface area contributed by atoms with E-state index in [1.54, 1.807) is 19.4 Å². The zero-order chi connectivity index (χ0) is 20.9. The molecule has 0 bridgehead atoms. The molecule has 1 aromatic heterocycles. The van der Waals surface area contributed by atoms with Crippen molar-refractivity contribution in [2.24, 2.45) is 0 Å².